The first-order valence-electron chi connectivity index (χ1n) is 5.85. The Labute approximate surface area is 111 Å². The number of nitrogens with one attached hydrogen (secondary N) is 1. The average Bonchev–Trinajstić information content (AvgIpc) is 2.32. The summed E-state index contributed by atoms with van der Waals surface area (Å²) in [5.74, 6) is 0.766. The lowest BCUT2D eigenvalue weighted by Gasteiger charge is -2.10. The number of anilines is 1. The summed E-state index contributed by atoms with van der Waals surface area (Å²) in [5.41, 5.74) is 0.748. The number of unbranched alkanes of at least 4 members (excludes halogenated alkanes) is 1. The largest absolute Gasteiger partial charge is 0.492 e. The van der Waals surface area contributed by atoms with Gasteiger partial charge in [-0.3, -0.25) is 4.79 Å². The molecule has 1 N–H and O–H groups in total. The summed E-state index contributed by atoms with van der Waals surface area (Å²) in [6.45, 7) is 2.52. The fraction of sp³-hybridized carbons (Fsp3) is 0.462. The van der Waals surface area contributed by atoms with Crippen molar-refractivity contribution in [3.05, 3.63) is 24.3 Å². The Hall–Kier alpha value is -1.03. The molecule has 0 atom stereocenters. The number of carbonyl (C=O) groups is 1. The summed E-state index contributed by atoms with van der Waals surface area (Å²) in [6.07, 6.45) is 2.46. The number of carbonyl (C=O) groups excluding carboxylic acids is 1. The molecule has 1 aromatic carbocycles. The van der Waals surface area contributed by atoms with E-state index in [-0.39, 0.29) is 5.91 Å². The van der Waals surface area contributed by atoms with Gasteiger partial charge in [0.05, 0.1) is 12.3 Å². The van der Waals surface area contributed by atoms with E-state index in [1.807, 2.05) is 31.2 Å². The number of hydrogen-bond donors (Lipinski definition) is 1. The highest BCUT2D eigenvalue weighted by Crippen LogP contribution is 2.23. The second-order valence-corrected chi connectivity index (χ2v) is 4.42. The van der Waals surface area contributed by atoms with E-state index in [0.29, 0.717) is 13.0 Å². The van der Waals surface area contributed by atoms with Crippen LogP contribution < -0.4 is 10.1 Å². The Kier molecular flexibility index (Phi) is 6.70. The minimum Gasteiger partial charge on any atom is -0.492 e. The zero-order chi connectivity index (χ0) is 12.5. The molecule has 0 aliphatic carbocycles. The number of halogens is 1. The van der Waals surface area contributed by atoms with Crippen LogP contribution >= 0.6 is 15.9 Å². The molecule has 4 heteroatoms. The van der Waals surface area contributed by atoms with Crippen molar-refractivity contribution >= 4 is 27.5 Å². The molecule has 0 aliphatic rings. The highest BCUT2D eigenvalue weighted by Gasteiger charge is 2.06. The van der Waals surface area contributed by atoms with Crippen LogP contribution in [0.3, 0.4) is 0 Å². The molecule has 17 heavy (non-hydrogen) atoms. The predicted molar refractivity (Wildman–Crippen MR) is 73.9 cm³/mol. The summed E-state index contributed by atoms with van der Waals surface area (Å²) in [6, 6.07) is 7.49. The fourth-order valence-corrected chi connectivity index (χ4v) is 1.84. The summed E-state index contributed by atoms with van der Waals surface area (Å²) in [4.78, 5) is 11.7. The summed E-state index contributed by atoms with van der Waals surface area (Å²) in [5, 5.41) is 3.82. The van der Waals surface area contributed by atoms with Crippen LogP contribution in [0.15, 0.2) is 24.3 Å². The van der Waals surface area contributed by atoms with Gasteiger partial charge in [-0.2, -0.15) is 0 Å². The third-order valence-corrected chi connectivity index (χ3v) is 2.81. The molecule has 1 aromatic rings. The van der Waals surface area contributed by atoms with Crippen LogP contribution in [-0.2, 0) is 4.79 Å². The zero-order valence-electron chi connectivity index (χ0n) is 10.0. The molecule has 1 amide bonds. The van der Waals surface area contributed by atoms with E-state index in [4.69, 9.17) is 4.74 Å². The van der Waals surface area contributed by atoms with Gasteiger partial charge in [0.25, 0.3) is 0 Å². The smallest absolute Gasteiger partial charge is 0.224 e. The summed E-state index contributed by atoms with van der Waals surface area (Å²) >= 11 is 3.35. The van der Waals surface area contributed by atoms with E-state index < -0.39 is 0 Å². The lowest BCUT2D eigenvalue weighted by molar-refractivity contribution is -0.116. The molecule has 3 nitrogen and oxygen atoms in total. The first-order valence-corrected chi connectivity index (χ1v) is 6.97. The van der Waals surface area contributed by atoms with Gasteiger partial charge in [0.1, 0.15) is 5.75 Å². The molecule has 0 unspecified atom stereocenters. The lowest BCUT2D eigenvalue weighted by Crippen LogP contribution is -2.12. The first kappa shape index (κ1) is 14.0. The number of alkyl halides is 1. The molecule has 1 rings (SSSR count). The second kappa shape index (κ2) is 8.12. The molecule has 0 aliphatic heterocycles. The van der Waals surface area contributed by atoms with Crippen LogP contribution in [-0.4, -0.2) is 17.8 Å². The molecule has 0 spiro atoms. The Bertz CT molecular complexity index is 355. The number of ether oxygens (including phenoxy) is 1. The number of rotatable bonds is 7. The summed E-state index contributed by atoms with van der Waals surface area (Å²) in [7, 11) is 0. The van der Waals surface area contributed by atoms with Crippen molar-refractivity contribution in [2.45, 2.75) is 26.2 Å². The Morgan fingerprint density at radius 2 is 2.12 bits per heavy atom. The van der Waals surface area contributed by atoms with Crippen molar-refractivity contribution in [1.29, 1.82) is 0 Å². The molecule has 0 bridgehead atoms. The van der Waals surface area contributed by atoms with Crippen LogP contribution in [0.2, 0.25) is 0 Å². The maximum absolute atomic E-state index is 11.7. The minimum atomic E-state index is 0.0399. The van der Waals surface area contributed by atoms with Crippen LogP contribution in [0.4, 0.5) is 5.69 Å². The standard InChI is InChI=1S/C13H18BrNO2/c1-2-17-12-8-4-3-7-11(12)15-13(16)9-5-6-10-14/h3-4,7-8H,2,5-6,9-10H2,1H3,(H,15,16). The lowest BCUT2D eigenvalue weighted by atomic mass is 10.2. The van der Waals surface area contributed by atoms with Crippen LogP contribution in [0.1, 0.15) is 26.2 Å². The molecule has 94 valence electrons. The highest BCUT2D eigenvalue weighted by atomic mass is 79.9. The van der Waals surface area contributed by atoms with Gasteiger partial charge in [-0.25, -0.2) is 0 Å². The Morgan fingerprint density at radius 3 is 2.82 bits per heavy atom. The van der Waals surface area contributed by atoms with Gasteiger partial charge in [0, 0.05) is 11.8 Å². The van der Waals surface area contributed by atoms with Gasteiger partial charge >= 0.3 is 0 Å². The van der Waals surface area contributed by atoms with Crippen LogP contribution in [0, 0.1) is 0 Å². The van der Waals surface area contributed by atoms with Crippen LogP contribution in [0.25, 0.3) is 0 Å². The maximum Gasteiger partial charge on any atom is 0.224 e. The molecular weight excluding hydrogens is 282 g/mol. The van der Waals surface area contributed by atoms with E-state index >= 15 is 0 Å². The van der Waals surface area contributed by atoms with E-state index in [1.165, 1.54) is 0 Å². The van der Waals surface area contributed by atoms with Gasteiger partial charge in [-0.1, -0.05) is 28.1 Å². The van der Waals surface area contributed by atoms with Crippen molar-refractivity contribution < 1.29 is 9.53 Å². The fourth-order valence-electron chi connectivity index (χ4n) is 1.44. The number of hydrogen-bond acceptors (Lipinski definition) is 2. The summed E-state index contributed by atoms with van der Waals surface area (Å²) < 4.78 is 5.44. The first-order chi connectivity index (χ1) is 8.27. The third-order valence-electron chi connectivity index (χ3n) is 2.25. The van der Waals surface area contributed by atoms with E-state index in [0.717, 1.165) is 29.6 Å². The maximum atomic E-state index is 11.7. The van der Waals surface area contributed by atoms with Gasteiger partial charge in [-0.05, 0) is 31.9 Å². The SMILES string of the molecule is CCOc1ccccc1NC(=O)CCCCBr. The average molecular weight is 300 g/mol. The van der Waals surface area contributed by atoms with Gasteiger partial charge in [-0.15, -0.1) is 0 Å². The van der Waals surface area contributed by atoms with E-state index in [2.05, 4.69) is 21.2 Å². The molecule has 0 radical (unpaired) electrons. The van der Waals surface area contributed by atoms with Crippen molar-refractivity contribution in [2.24, 2.45) is 0 Å². The third kappa shape index (κ3) is 5.22. The normalized spacial score (nSPS) is 10.0. The quantitative estimate of drug-likeness (QED) is 0.617. The van der Waals surface area contributed by atoms with Crippen LogP contribution in [0.5, 0.6) is 5.75 Å². The zero-order valence-corrected chi connectivity index (χ0v) is 11.6. The number of para-hydroxylation sites is 2. The van der Waals surface area contributed by atoms with Crippen molar-refractivity contribution in [3.63, 3.8) is 0 Å². The van der Waals surface area contributed by atoms with E-state index in [9.17, 15) is 4.79 Å². The number of amides is 1. The second-order valence-electron chi connectivity index (χ2n) is 3.62. The molecule has 0 fully saturated rings. The number of benzene rings is 1. The molecular formula is C13H18BrNO2. The molecule has 0 aromatic heterocycles. The Morgan fingerprint density at radius 1 is 1.35 bits per heavy atom. The van der Waals surface area contributed by atoms with Crippen molar-refractivity contribution in [2.75, 3.05) is 17.3 Å². The molecule has 0 saturated heterocycles. The minimum absolute atomic E-state index is 0.0399. The Balaban J connectivity index is 2.52. The van der Waals surface area contributed by atoms with Crippen molar-refractivity contribution in [1.82, 2.24) is 0 Å². The monoisotopic (exact) mass is 299 g/mol. The predicted octanol–water partition coefficient (Wildman–Crippen LogP) is 3.59. The van der Waals surface area contributed by atoms with E-state index in [1.54, 1.807) is 0 Å². The topological polar surface area (TPSA) is 38.3 Å². The van der Waals surface area contributed by atoms with Crippen molar-refractivity contribution in [3.8, 4) is 5.75 Å². The van der Waals surface area contributed by atoms with Gasteiger partial charge < -0.3 is 10.1 Å². The van der Waals surface area contributed by atoms with Gasteiger partial charge in [0.15, 0.2) is 0 Å². The molecule has 0 saturated carbocycles. The highest BCUT2D eigenvalue weighted by molar-refractivity contribution is 9.09. The van der Waals surface area contributed by atoms with Gasteiger partial charge in [0.2, 0.25) is 5.91 Å². The molecule has 0 heterocycles.